The van der Waals surface area contributed by atoms with Crippen LogP contribution in [0, 0.1) is 11.3 Å². The van der Waals surface area contributed by atoms with Gasteiger partial charge in [-0.15, -0.1) is 0 Å². The lowest BCUT2D eigenvalue weighted by Gasteiger charge is -2.05. The van der Waals surface area contributed by atoms with Crippen LogP contribution in [0.25, 0.3) is 0 Å². The average molecular weight is 292 g/mol. The van der Waals surface area contributed by atoms with Crippen molar-refractivity contribution in [2.75, 3.05) is 11.9 Å². The molecule has 2 N–H and O–H groups in total. The minimum atomic E-state index is -0.394. The molecule has 0 saturated heterocycles. The van der Waals surface area contributed by atoms with Crippen molar-refractivity contribution in [3.8, 4) is 6.07 Å². The Morgan fingerprint density at radius 3 is 2.73 bits per heavy atom. The molecular weight excluding hydrogens is 276 g/mol. The number of amides is 1. The van der Waals surface area contributed by atoms with E-state index < -0.39 is 5.91 Å². The Hall–Kier alpha value is -3.13. The fraction of sp³-hybridized carbons (Fsp3) is 0.118. The van der Waals surface area contributed by atoms with Crippen molar-refractivity contribution in [1.82, 2.24) is 10.3 Å². The number of carbonyl (C=O) groups excluding carboxylic acids is 1. The van der Waals surface area contributed by atoms with Crippen LogP contribution in [0.1, 0.15) is 5.56 Å². The smallest absolute Gasteiger partial charge is 0.263 e. The van der Waals surface area contributed by atoms with Gasteiger partial charge >= 0.3 is 0 Å². The first-order valence-electron chi connectivity index (χ1n) is 6.88. The largest absolute Gasteiger partial charge is 0.359 e. The Bertz CT molecular complexity index is 675. The van der Waals surface area contributed by atoms with Gasteiger partial charge in [0.15, 0.2) is 0 Å². The zero-order valence-electron chi connectivity index (χ0n) is 12.0. The summed E-state index contributed by atoms with van der Waals surface area (Å²) in [4.78, 5) is 15.9. The number of carbonyl (C=O) groups is 1. The molecule has 110 valence electrons. The van der Waals surface area contributed by atoms with E-state index in [9.17, 15) is 4.79 Å². The summed E-state index contributed by atoms with van der Waals surface area (Å²) in [6, 6.07) is 15.3. The van der Waals surface area contributed by atoms with E-state index in [-0.39, 0.29) is 5.57 Å². The summed E-state index contributed by atoms with van der Waals surface area (Å²) < 4.78 is 0. The predicted molar refractivity (Wildman–Crippen MR) is 84.7 cm³/mol. The summed E-state index contributed by atoms with van der Waals surface area (Å²) in [5.41, 5.74) is 1.88. The van der Waals surface area contributed by atoms with Crippen molar-refractivity contribution in [1.29, 1.82) is 5.26 Å². The van der Waals surface area contributed by atoms with E-state index >= 15 is 0 Å². The van der Waals surface area contributed by atoms with Crippen LogP contribution < -0.4 is 10.6 Å². The number of nitriles is 1. The zero-order valence-corrected chi connectivity index (χ0v) is 12.0. The monoisotopic (exact) mass is 292 g/mol. The zero-order chi connectivity index (χ0) is 15.6. The van der Waals surface area contributed by atoms with Gasteiger partial charge in [0.2, 0.25) is 0 Å². The first kappa shape index (κ1) is 15.3. The molecule has 0 radical (unpaired) electrons. The molecule has 1 heterocycles. The van der Waals surface area contributed by atoms with Crippen molar-refractivity contribution < 1.29 is 4.79 Å². The van der Waals surface area contributed by atoms with E-state index in [4.69, 9.17) is 5.26 Å². The molecule has 0 fully saturated rings. The van der Waals surface area contributed by atoms with Gasteiger partial charge < -0.3 is 10.6 Å². The SMILES string of the molecule is N#C/C(=C/Nc1cccnc1)C(=O)NCCc1ccccc1. The number of pyridine rings is 1. The second kappa shape index (κ2) is 8.22. The van der Waals surface area contributed by atoms with Gasteiger partial charge in [0.1, 0.15) is 11.6 Å². The van der Waals surface area contributed by atoms with Crippen molar-refractivity contribution in [3.05, 3.63) is 72.2 Å². The number of hydrogen-bond donors (Lipinski definition) is 2. The fourth-order valence-electron chi connectivity index (χ4n) is 1.81. The maximum Gasteiger partial charge on any atom is 0.263 e. The van der Waals surface area contributed by atoms with E-state index in [1.807, 2.05) is 36.4 Å². The Kier molecular flexibility index (Phi) is 5.70. The fourth-order valence-corrected chi connectivity index (χ4v) is 1.81. The molecule has 5 nitrogen and oxygen atoms in total. The molecule has 2 aromatic rings. The summed E-state index contributed by atoms with van der Waals surface area (Å²) in [5.74, 6) is -0.394. The van der Waals surface area contributed by atoms with Crippen LogP contribution >= 0.6 is 0 Å². The lowest BCUT2D eigenvalue weighted by molar-refractivity contribution is -0.117. The summed E-state index contributed by atoms with van der Waals surface area (Å²) in [6.07, 6.45) is 5.37. The standard InChI is InChI=1S/C17H16N4O/c18-11-15(12-21-16-7-4-9-19-13-16)17(22)20-10-8-14-5-2-1-3-6-14/h1-7,9,12-13,21H,8,10H2,(H,20,22)/b15-12-. The molecule has 1 aromatic carbocycles. The van der Waals surface area contributed by atoms with Crippen LogP contribution in [0.15, 0.2) is 66.6 Å². The maximum absolute atomic E-state index is 11.9. The molecule has 0 saturated carbocycles. The summed E-state index contributed by atoms with van der Waals surface area (Å²) in [6.45, 7) is 0.481. The molecule has 1 amide bonds. The number of nitrogens with one attached hydrogen (secondary N) is 2. The molecule has 0 aliphatic heterocycles. The second-order valence-electron chi connectivity index (χ2n) is 4.55. The van der Waals surface area contributed by atoms with Gasteiger partial charge in [0, 0.05) is 18.9 Å². The number of rotatable bonds is 6. The van der Waals surface area contributed by atoms with Crippen molar-refractivity contribution >= 4 is 11.6 Å². The molecule has 2 rings (SSSR count). The van der Waals surface area contributed by atoms with E-state index in [0.29, 0.717) is 12.2 Å². The molecule has 0 unspecified atom stereocenters. The lowest BCUT2D eigenvalue weighted by atomic mass is 10.1. The molecule has 22 heavy (non-hydrogen) atoms. The highest BCUT2D eigenvalue weighted by atomic mass is 16.1. The van der Waals surface area contributed by atoms with Crippen molar-refractivity contribution in [2.24, 2.45) is 0 Å². The second-order valence-corrected chi connectivity index (χ2v) is 4.55. The first-order valence-corrected chi connectivity index (χ1v) is 6.88. The lowest BCUT2D eigenvalue weighted by Crippen LogP contribution is -2.27. The van der Waals surface area contributed by atoms with Crippen molar-refractivity contribution in [3.63, 3.8) is 0 Å². The highest BCUT2D eigenvalue weighted by molar-refractivity contribution is 5.97. The summed E-state index contributed by atoms with van der Waals surface area (Å²) in [5, 5.41) is 14.7. The van der Waals surface area contributed by atoms with Gasteiger partial charge in [0.25, 0.3) is 5.91 Å². The Balaban J connectivity index is 1.85. The first-order chi connectivity index (χ1) is 10.8. The highest BCUT2D eigenvalue weighted by Gasteiger charge is 2.07. The average Bonchev–Trinajstić information content (AvgIpc) is 2.57. The van der Waals surface area contributed by atoms with Gasteiger partial charge in [-0.3, -0.25) is 9.78 Å². The van der Waals surface area contributed by atoms with Crippen LogP contribution in [0.5, 0.6) is 0 Å². The van der Waals surface area contributed by atoms with Crippen molar-refractivity contribution in [2.45, 2.75) is 6.42 Å². The van der Waals surface area contributed by atoms with Gasteiger partial charge in [-0.2, -0.15) is 5.26 Å². The summed E-state index contributed by atoms with van der Waals surface area (Å²) in [7, 11) is 0. The van der Waals surface area contributed by atoms with E-state index in [1.54, 1.807) is 24.5 Å². The minimum absolute atomic E-state index is 0.0249. The van der Waals surface area contributed by atoms with E-state index in [1.165, 1.54) is 6.20 Å². The maximum atomic E-state index is 11.9. The van der Waals surface area contributed by atoms with Gasteiger partial charge in [-0.1, -0.05) is 30.3 Å². The van der Waals surface area contributed by atoms with Gasteiger partial charge in [-0.05, 0) is 24.1 Å². The molecule has 0 bridgehead atoms. The number of nitrogens with zero attached hydrogens (tertiary/aromatic N) is 2. The molecule has 5 heteroatoms. The third-order valence-corrected chi connectivity index (χ3v) is 2.95. The topological polar surface area (TPSA) is 77.8 Å². The summed E-state index contributed by atoms with van der Waals surface area (Å²) >= 11 is 0. The van der Waals surface area contributed by atoms with Crippen LogP contribution in [-0.4, -0.2) is 17.4 Å². The minimum Gasteiger partial charge on any atom is -0.359 e. The number of aromatic nitrogens is 1. The Labute approximate surface area is 129 Å². The van der Waals surface area contributed by atoms with Gasteiger partial charge in [-0.25, -0.2) is 0 Å². The van der Waals surface area contributed by atoms with E-state index in [2.05, 4.69) is 15.6 Å². The normalized spacial score (nSPS) is 10.6. The van der Waals surface area contributed by atoms with Gasteiger partial charge in [0.05, 0.1) is 11.9 Å². The van der Waals surface area contributed by atoms with Crippen LogP contribution in [0.4, 0.5) is 5.69 Å². The quantitative estimate of drug-likeness (QED) is 0.632. The number of anilines is 1. The number of benzene rings is 1. The molecule has 0 spiro atoms. The predicted octanol–water partition coefficient (Wildman–Crippen LogP) is 2.26. The molecule has 0 atom stereocenters. The molecule has 0 aliphatic rings. The third kappa shape index (κ3) is 4.76. The van der Waals surface area contributed by atoms with Crippen LogP contribution in [0.3, 0.4) is 0 Å². The van der Waals surface area contributed by atoms with Crippen LogP contribution in [0.2, 0.25) is 0 Å². The molecule has 1 aromatic heterocycles. The molecular formula is C17H16N4O. The molecule has 0 aliphatic carbocycles. The van der Waals surface area contributed by atoms with Crippen LogP contribution in [-0.2, 0) is 11.2 Å². The third-order valence-electron chi connectivity index (χ3n) is 2.95. The van der Waals surface area contributed by atoms with E-state index in [0.717, 1.165) is 12.0 Å². The Morgan fingerprint density at radius 2 is 2.05 bits per heavy atom. The number of hydrogen-bond acceptors (Lipinski definition) is 4. The highest BCUT2D eigenvalue weighted by Crippen LogP contribution is 2.04. The Morgan fingerprint density at radius 1 is 1.23 bits per heavy atom.